The van der Waals surface area contributed by atoms with Gasteiger partial charge >= 0.3 is 0 Å². The summed E-state index contributed by atoms with van der Waals surface area (Å²) in [5.41, 5.74) is 30.1. The summed E-state index contributed by atoms with van der Waals surface area (Å²) in [6.45, 7) is 13.9. The van der Waals surface area contributed by atoms with E-state index in [-0.39, 0.29) is 17.5 Å². The lowest BCUT2D eigenvalue weighted by Crippen LogP contribution is -2.61. The molecule has 90 heavy (non-hydrogen) atoms. The van der Waals surface area contributed by atoms with Gasteiger partial charge in [0.15, 0.2) is 0 Å². The fourth-order valence-electron chi connectivity index (χ4n) is 14.4. The second-order valence-corrected chi connectivity index (χ2v) is 26.5. The monoisotopic (exact) mass is 1150 g/mol. The van der Waals surface area contributed by atoms with Crippen LogP contribution >= 0.6 is 0 Å². The molecule has 3 nitrogen and oxygen atoms in total. The van der Waals surface area contributed by atoms with Crippen molar-refractivity contribution in [3.05, 3.63) is 314 Å². The predicted molar refractivity (Wildman–Crippen MR) is 385 cm³/mol. The van der Waals surface area contributed by atoms with Gasteiger partial charge in [-0.25, -0.2) is 0 Å². The summed E-state index contributed by atoms with van der Waals surface area (Å²) in [6, 6.07) is 114. The molecular formula is C86H68BN3. The summed E-state index contributed by atoms with van der Waals surface area (Å²) in [5, 5.41) is 2.43. The van der Waals surface area contributed by atoms with E-state index >= 15 is 0 Å². The van der Waals surface area contributed by atoms with E-state index in [1.807, 2.05) is 0 Å². The Morgan fingerprint density at radius 3 is 0.889 bits per heavy atom. The molecule has 0 aliphatic carbocycles. The summed E-state index contributed by atoms with van der Waals surface area (Å²) in [7, 11) is 0. The molecule has 0 fully saturated rings. The first-order valence-corrected chi connectivity index (χ1v) is 31.7. The normalized spacial score (nSPS) is 12.7. The summed E-state index contributed by atoms with van der Waals surface area (Å²) in [4.78, 5) is 5.38. The quantitative estimate of drug-likeness (QED) is 0.133. The highest BCUT2D eigenvalue weighted by Gasteiger charge is 2.46. The standard InChI is InChI=1S/C86H68BN3/c1-85(2,3)65-51-70(59-33-17-9-18-34-59)83(71(52-65)60-35-19-10-20-36-60)89-78-47-45-63(57-29-13-7-14-30-57)49-74(78)87-75-50-64(58-31-15-8-16-32-58)46-48-79(75)90(81-56-67(55-80(89)82(81)87)88-76-43-27-25-41-68(76)69-42-26-28-44-77(69)88)84-72(61-37-21-11-22-38-61)53-66(86(4,5)6)54-73(84)62-39-23-12-24-40-62/h7-56H,1-6H3. The molecule has 0 atom stereocenters. The van der Waals surface area contributed by atoms with Crippen LogP contribution in [0.1, 0.15) is 52.7 Å². The number of benzene rings is 13. The molecule has 0 N–H and O–H groups in total. The summed E-state index contributed by atoms with van der Waals surface area (Å²) < 4.78 is 2.53. The third kappa shape index (κ3) is 9.20. The lowest BCUT2D eigenvalue weighted by molar-refractivity contribution is 0.590. The van der Waals surface area contributed by atoms with Crippen LogP contribution in [-0.2, 0) is 10.8 Å². The van der Waals surface area contributed by atoms with Crippen LogP contribution < -0.4 is 26.2 Å². The molecule has 4 heteroatoms. The molecule has 3 heterocycles. The predicted octanol–water partition coefficient (Wildman–Crippen LogP) is 21.5. The molecule has 0 radical (unpaired) electrons. The molecule has 0 spiro atoms. The first-order valence-electron chi connectivity index (χ1n) is 31.7. The van der Waals surface area contributed by atoms with Crippen molar-refractivity contribution in [1.82, 2.24) is 4.57 Å². The Bertz CT molecular complexity index is 4620. The second kappa shape index (κ2) is 21.6. The largest absolute Gasteiger partial charge is 0.310 e. The first-order chi connectivity index (χ1) is 43.9. The zero-order valence-electron chi connectivity index (χ0n) is 51.8. The minimum atomic E-state index is -0.226. The fraction of sp³-hybridized carbons (Fsp3) is 0.0930. The van der Waals surface area contributed by atoms with Crippen molar-refractivity contribution in [2.24, 2.45) is 0 Å². The Morgan fingerprint density at radius 1 is 0.267 bits per heavy atom. The van der Waals surface area contributed by atoms with Crippen LogP contribution in [0.25, 0.3) is 94.3 Å². The molecule has 0 amide bonds. The minimum Gasteiger partial charge on any atom is -0.310 e. The van der Waals surface area contributed by atoms with Crippen molar-refractivity contribution < 1.29 is 0 Å². The lowest BCUT2D eigenvalue weighted by Gasteiger charge is -2.46. The summed E-state index contributed by atoms with van der Waals surface area (Å²) in [6.07, 6.45) is 0. The number of hydrogen-bond acceptors (Lipinski definition) is 2. The van der Waals surface area contributed by atoms with Crippen molar-refractivity contribution in [2.75, 3.05) is 9.80 Å². The Morgan fingerprint density at radius 2 is 0.567 bits per heavy atom. The summed E-state index contributed by atoms with van der Waals surface area (Å²) in [5.74, 6) is 0. The highest BCUT2D eigenvalue weighted by molar-refractivity contribution is 7.00. The third-order valence-electron chi connectivity index (χ3n) is 18.8. The molecule has 16 rings (SSSR count). The van der Waals surface area contributed by atoms with Gasteiger partial charge in [0.2, 0.25) is 0 Å². The third-order valence-corrected chi connectivity index (χ3v) is 18.8. The number of rotatable bonds is 9. The fourth-order valence-corrected chi connectivity index (χ4v) is 14.4. The van der Waals surface area contributed by atoms with E-state index in [1.165, 1.54) is 82.8 Å². The molecule has 1 aromatic heterocycles. The van der Waals surface area contributed by atoms with Gasteiger partial charge in [0.25, 0.3) is 6.71 Å². The zero-order valence-corrected chi connectivity index (χ0v) is 51.8. The van der Waals surface area contributed by atoms with Gasteiger partial charge in [-0.3, -0.25) is 0 Å². The molecule has 0 unspecified atom stereocenters. The van der Waals surface area contributed by atoms with Crippen LogP contribution in [0.15, 0.2) is 303 Å². The van der Waals surface area contributed by atoms with E-state index in [4.69, 9.17) is 0 Å². The van der Waals surface area contributed by atoms with Gasteiger partial charge in [0, 0.05) is 55.8 Å². The maximum absolute atomic E-state index is 2.69. The van der Waals surface area contributed by atoms with Gasteiger partial charge in [-0.1, -0.05) is 284 Å². The van der Waals surface area contributed by atoms with Gasteiger partial charge in [0.05, 0.1) is 28.1 Å². The number of hydrogen-bond donors (Lipinski definition) is 0. The number of nitrogens with zero attached hydrogens (tertiary/aromatic N) is 3. The molecule has 430 valence electrons. The van der Waals surface area contributed by atoms with E-state index in [0.717, 1.165) is 73.1 Å². The number of para-hydroxylation sites is 2. The molecule has 2 aliphatic heterocycles. The molecule has 0 bridgehead atoms. The van der Waals surface area contributed by atoms with Gasteiger partial charge in [-0.15, -0.1) is 0 Å². The van der Waals surface area contributed by atoms with Crippen LogP contribution in [0.5, 0.6) is 0 Å². The molecule has 14 aromatic rings. The van der Waals surface area contributed by atoms with E-state index in [1.54, 1.807) is 0 Å². The summed E-state index contributed by atoms with van der Waals surface area (Å²) >= 11 is 0. The van der Waals surface area contributed by atoms with Crippen LogP contribution in [0.4, 0.5) is 34.1 Å². The average molecular weight is 1150 g/mol. The van der Waals surface area contributed by atoms with Crippen LogP contribution in [0.3, 0.4) is 0 Å². The number of anilines is 6. The molecule has 0 saturated heterocycles. The van der Waals surface area contributed by atoms with E-state index < -0.39 is 0 Å². The second-order valence-electron chi connectivity index (χ2n) is 26.5. The number of fused-ring (bicyclic) bond motifs is 7. The molecule has 2 aliphatic rings. The SMILES string of the molecule is CC(C)(C)c1cc(-c2ccccc2)c(N2c3ccc(-c4ccccc4)cc3B3c4cc(-c5ccccc5)ccc4N(c4c(-c5ccccc5)cc(C(C)(C)C)cc4-c4ccccc4)c4cc(-n5c6ccccc6c6ccccc65)cc2c43)c(-c2ccccc2)c1. The maximum Gasteiger partial charge on any atom is 0.252 e. The van der Waals surface area contributed by atoms with Crippen LogP contribution in [0, 0.1) is 0 Å². The van der Waals surface area contributed by atoms with E-state index in [9.17, 15) is 0 Å². The van der Waals surface area contributed by atoms with Gasteiger partial charge < -0.3 is 14.4 Å². The smallest absolute Gasteiger partial charge is 0.252 e. The van der Waals surface area contributed by atoms with E-state index in [2.05, 4.69) is 359 Å². The average Bonchev–Trinajstić information content (AvgIpc) is 0.741. The lowest BCUT2D eigenvalue weighted by atomic mass is 9.33. The first kappa shape index (κ1) is 54.7. The van der Waals surface area contributed by atoms with Crippen molar-refractivity contribution in [3.63, 3.8) is 0 Å². The Kier molecular flexibility index (Phi) is 13.1. The minimum absolute atomic E-state index is 0.174. The Balaban J connectivity index is 1.14. The van der Waals surface area contributed by atoms with Crippen LogP contribution in [-0.4, -0.2) is 11.3 Å². The van der Waals surface area contributed by atoms with E-state index in [0.29, 0.717) is 0 Å². The van der Waals surface area contributed by atoms with Crippen molar-refractivity contribution in [3.8, 4) is 72.4 Å². The van der Waals surface area contributed by atoms with Crippen molar-refractivity contribution in [1.29, 1.82) is 0 Å². The topological polar surface area (TPSA) is 11.4 Å². The number of aromatic nitrogens is 1. The Labute approximate surface area is 529 Å². The highest BCUT2D eigenvalue weighted by Crippen LogP contribution is 2.55. The molecule has 0 saturated carbocycles. The van der Waals surface area contributed by atoms with Crippen molar-refractivity contribution >= 4 is 79.0 Å². The maximum atomic E-state index is 2.69. The zero-order chi connectivity index (χ0) is 60.8. The van der Waals surface area contributed by atoms with Gasteiger partial charge in [-0.05, 0) is 144 Å². The highest BCUT2D eigenvalue weighted by atomic mass is 15.2. The molecule has 13 aromatic carbocycles. The van der Waals surface area contributed by atoms with Crippen molar-refractivity contribution in [2.45, 2.75) is 52.4 Å². The van der Waals surface area contributed by atoms with Gasteiger partial charge in [-0.2, -0.15) is 0 Å². The van der Waals surface area contributed by atoms with Crippen LogP contribution in [0.2, 0.25) is 0 Å². The Hall–Kier alpha value is -10.7. The van der Waals surface area contributed by atoms with Gasteiger partial charge in [0.1, 0.15) is 0 Å². The molecular weight excluding hydrogens is 1090 g/mol.